The summed E-state index contributed by atoms with van der Waals surface area (Å²) in [5, 5.41) is 7.03. The number of benzene rings is 1. The molecule has 1 aromatic carbocycles. The van der Waals surface area contributed by atoms with Crippen molar-refractivity contribution in [2.75, 3.05) is 40.5 Å². The molecule has 6 nitrogen and oxygen atoms in total. The number of halogens is 1. The molecule has 1 aliphatic carbocycles. The van der Waals surface area contributed by atoms with E-state index in [9.17, 15) is 0 Å². The highest BCUT2D eigenvalue weighted by atomic mass is 127. The molecule has 0 spiro atoms. The average molecular weight is 546 g/mol. The largest absolute Gasteiger partial charge is 0.491 e. The summed E-state index contributed by atoms with van der Waals surface area (Å²) in [6.45, 7) is 5.99. The van der Waals surface area contributed by atoms with E-state index in [2.05, 4.69) is 40.7 Å². The summed E-state index contributed by atoms with van der Waals surface area (Å²) in [5.74, 6) is 1.77. The van der Waals surface area contributed by atoms with Gasteiger partial charge in [-0.1, -0.05) is 25.0 Å². The number of nitrogens with one attached hydrogen (secondary N) is 2. The van der Waals surface area contributed by atoms with E-state index in [0.29, 0.717) is 18.6 Å². The number of nitrogens with zero attached hydrogens (tertiary/aromatic N) is 1. The maximum atomic E-state index is 6.13. The Morgan fingerprint density at radius 3 is 2.71 bits per heavy atom. The first kappa shape index (κ1) is 26.2. The van der Waals surface area contributed by atoms with Crippen LogP contribution in [0.2, 0.25) is 0 Å². The fraction of sp³-hybridized carbons (Fsp3) is 0.708. The molecular weight excluding hydrogens is 505 g/mol. The number of aryl methyl sites for hydroxylation is 1. The van der Waals surface area contributed by atoms with Crippen molar-refractivity contribution >= 4 is 29.9 Å². The van der Waals surface area contributed by atoms with Crippen LogP contribution in [0.3, 0.4) is 0 Å². The highest BCUT2D eigenvalue weighted by Crippen LogP contribution is 2.40. The highest BCUT2D eigenvalue weighted by Gasteiger charge is 2.33. The monoisotopic (exact) mass is 545 g/mol. The van der Waals surface area contributed by atoms with Gasteiger partial charge in [-0.25, -0.2) is 0 Å². The summed E-state index contributed by atoms with van der Waals surface area (Å²) in [6.07, 6.45) is 8.69. The minimum Gasteiger partial charge on any atom is -0.491 e. The number of hydrogen-bond acceptors (Lipinski definition) is 4. The lowest BCUT2D eigenvalue weighted by molar-refractivity contribution is 0.0676. The lowest BCUT2D eigenvalue weighted by Gasteiger charge is -2.30. The molecule has 0 bridgehead atoms. The molecule has 31 heavy (non-hydrogen) atoms. The van der Waals surface area contributed by atoms with Crippen molar-refractivity contribution in [1.29, 1.82) is 0 Å². The number of guanidine groups is 1. The van der Waals surface area contributed by atoms with Crippen LogP contribution >= 0.6 is 24.0 Å². The van der Waals surface area contributed by atoms with Crippen LogP contribution < -0.4 is 15.4 Å². The molecule has 1 heterocycles. The Bertz CT molecular complexity index is 687. The van der Waals surface area contributed by atoms with Crippen molar-refractivity contribution in [3.63, 3.8) is 0 Å². The zero-order chi connectivity index (χ0) is 21.2. The molecule has 1 saturated carbocycles. The Balaban J connectivity index is 0.00000341. The standard InChI is InChI=1S/C24H39N3O3.HI/c1-19-8-9-20(22(15-19)30-17-21-7-6-13-29-21)16-26-23(25-2)27-18-24(12-14-28-3)10-4-5-11-24;/h8-9,15,21H,4-7,10-14,16-18H2,1-3H3,(H2,25,26,27);1H. The molecule has 7 heteroatoms. The number of ether oxygens (including phenoxy) is 3. The molecule has 1 aliphatic heterocycles. The molecule has 1 saturated heterocycles. The summed E-state index contributed by atoms with van der Waals surface area (Å²) in [4.78, 5) is 4.43. The topological polar surface area (TPSA) is 64.1 Å². The molecule has 3 rings (SSSR count). The molecule has 1 aromatic rings. The maximum Gasteiger partial charge on any atom is 0.191 e. The van der Waals surface area contributed by atoms with E-state index in [-0.39, 0.29) is 30.1 Å². The summed E-state index contributed by atoms with van der Waals surface area (Å²) in [7, 11) is 3.62. The number of hydrogen-bond donors (Lipinski definition) is 2. The van der Waals surface area contributed by atoms with Crippen LogP contribution in [0, 0.1) is 12.3 Å². The van der Waals surface area contributed by atoms with Gasteiger partial charge in [-0.15, -0.1) is 24.0 Å². The molecule has 176 valence electrons. The van der Waals surface area contributed by atoms with Gasteiger partial charge in [0.05, 0.1) is 6.10 Å². The van der Waals surface area contributed by atoms with Crippen molar-refractivity contribution in [2.45, 2.75) is 64.5 Å². The van der Waals surface area contributed by atoms with Gasteiger partial charge in [0.15, 0.2) is 5.96 Å². The summed E-state index contributed by atoms with van der Waals surface area (Å²) < 4.78 is 17.2. The van der Waals surface area contributed by atoms with Gasteiger partial charge in [-0.05, 0) is 56.1 Å². The Morgan fingerprint density at radius 2 is 2.03 bits per heavy atom. The number of rotatable bonds is 10. The van der Waals surface area contributed by atoms with Gasteiger partial charge in [0.1, 0.15) is 12.4 Å². The van der Waals surface area contributed by atoms with Crippen molar-refractivity contribution in [3.8, 4) is 5.75 Å². The minimum absolute atomic E-state index is 0. The minimum atomic E-state index is 0. The quantitative estimate of drug-likeness (QED) is 0.259. The van der Waals surface area contributed by atoms with E-state index < -0.39 is 0 Å². The van der Waals surface area contributed by atoms with Crippen LogP contribution in [0.5, 0.6) is 5.75 Å². The van der Waals surface area contributed by atoms with Crippen LogP contribution in [0.1, 0.15) is 56.1 Å². The van der Waals surface area contributed by atoms with Crippen LogP contribution in [0.25, 0.3) is 0 Å². The van der Waals surface area contributed by atoms with E-state index >= 15 is 0 Å². The highest BCUT2D eigenvalue weighted by molar-refractivity contribution is 14.0. The lowest BCUT2D eigenvalue weighted by Crippen LogP contribution is -2.43. The van der Waals surface area contributed by atoms with Gasteiger partial charge in [-0.2, -0.15) is 0 Å². The first-order chi connectivity index (χ1) is 14.6. The number of methoxy groups -OCH3 is 1. The zero-order valence-corrected chi connectivity index (χ0v) is 21.7. The Morgan fingerprint density at radius 1 is 1.23 bits per heavy atom. The first-order valence-corrected chi connectivity index (χ1v) is 11.4. The molecule has 0 radical (unpaired) electrons. The maximum absolute atomic E-state index is 6.13. The zero-order valence-electron chi connectivity index (χ0n) is 19.4. The van der Waals surface area contributed by atoms with Crippen molar-refractivity contribution in [1.82, 2.24) is 10.6 Å². The van der Waals surface area contributed by atoms with Gasteiger partial charge < -0.3 is 24.8 Å². The predicted molar refractivity (Wildman–Crippen MR) is 137 cm³/mol. The van der Waals surface area contributed by atoms with Gasteiger partial charge in [0, 0.05) is 46.0 Å². The second-order valence-corrected chi connectivity index (χ2v) is 8.79. The molecule has 2 fully saturated rings. The fourth-order valence-corrected chi connectivity index (χ4v) is 4.53. The van der Waals surface area contributed by atoms with Gasteiger partial charge in [0.2, 0.25) is 0 Å². The molecule has 1 unspecified atom stereocenters. The third kappa shape index (κ3) is 8.09. The third-order valence-electron chi connectivity index (χ3n) is 6.47. The molecular formula is C24H40IN3O3. The third-order valence-corrected chi connectivity index (χ3v) is 6.47. The summed E-state index contributed by atoms with van der Waals surface area (Å²) in [6, 6.07) is 6.38. The Labute approximate surface area is 204 Å². The van der Waals surface area contributed by atoms with Crippen molar-refractivity contribution in [2.24, 2.45) is 10.4 Å². The average Bonchev–Trinajstić information content (AvgIpc) is 3.44. The molecule has 0 aromatic heterocycles. The van der Waals surface area contributed by atoms with E-state index in [1.54, 1.807) is 7.11 Å². The van der Waals surface area contributed by atoms with Crippen molar-refractivity contribution in [3.05, 3.63) is 29.3 Å². The smallest absolute Gasteiger partial charge is 0.191 e. The molecule has 1 atom stereocenters. The molecule has 2 N–H and O–H groups in total. The van der Waals surface area contributed by atoms with E-state index in [1.807, 2.05) is 7.05 Å². The second-order valence-electron chi connectivity index (χ2n) is 8.79. The lowest BCUT2D eigenvalue weighted by atomic mass is 9.83. The Hall–Kier alpha value is -1.06. The molecule has 2 aliphatic rings. The van der Waals surface area contributed by atoms with Crippen LogP contribution in [0.15, 0.2) is 23.2 Å². The van der Waals surface area contributed by atoms with Crippen LogP contribution in [-0.2, 0) is 16.0 Å². The van der Waals surface area contributed by atoms with E-state index in [4.69, 9.17) is 14.2 Å². The van der Waals surface area contributed by atoms with Crippen LogP contribution in [0.4, 0.5) is 0 Å². The predicted octanol–water partition coefficient (Wildman–Crippen LogP) is 4.43. The first-order valence-electron chi connectivity index (χ1n) is 11.4. The molecule has 0 amide bonds. The van der Waals surface area contributed by atoms with E-state index in [0.717, 1.165) is 56.3 Å². The van der Waals surface area contributed by atoms with E-state index in [1.165, 1.54) is 31.2 Å². The van der Waals surface area contributed by atoms with Crippen molar-refractivity contribution < 1.29 is 14.2 Å². The normalized spacial score (nSPS) is 20.4. The van der Waals surface area contributed by atoms with Gasteiger partial charge >= 0.3 is 0 Å². The van der Waals surface area contributed by atoms with Crippen LogP contribution in [-0.4, -0.2) is 52.6 Å². The number of aliphatic imine (C=N–C) groups is 1. The van der Waals surface area contributed by atoms with Gasteiger partial charge in [0.25, 0.3) is 0 Å². The summed E-state index contributed by atoms with van der Waals surface area (Å²) in [5.41, 5.74) is 2.66. The Kier molecular flexibility index (Phi) is 11.4. The second kappa shape index (κ2) is 13.5. The SMILES string of the molecule is CN=C(NCc1ccc(C)cc1OCC1CCCO1)NCC1(CCOC)CCCC1.I. The van der Waals surface area contributed by atoms with Gasteiger partial charge in [-0.3, -0.25) is 4.99 Å². The summed E-state index contributed by atoms with van der Waals surface area (Å²) >= 11 is 0. The fourth-order valence-electron chi connectivity index (χ4n) is 4.53.